The van der Waals surface area contributed by atoms with Crippen LogP contribution in [0.15, 0.2) is 12.1 Å². The molecule has 98 valence electrons. The van der Waals surface area contributed by atoms with E-state index in [0.29, 0.717) is 36.3 Å². The van der Waals surface area contributed by atoms with Gasteiger partial charge in [-0.3, -0.25) is 4.79 Å². The van der Waals surface area contributed by atoms with Crippen LogP contribution in [0.5, 0.6) is 11.5 Å². The summed E-state index contributed by atoms with van der Waals surface area (Å²) in [5.74, 6) is 0.918. The zero-order valence-corrected chi connectivity index (χ0v) is 10.8. The Morgan fingerprint density at radius 2 is 2.22 bits per heavy atom. The summed E-state index contributed by atoms with van der Waals surface area (Å²) in [5, 5.41) is 3.47. The highest BCUT2D eigenvalue weighted by Crippen LogP contribution is 2.38. The fourth-order valence-electron chi connectivity index (χ4n) is 1.65. The number of methoxy groups -OCH3 is 1. The zero-order valence-electron chi connectivity index (χ0n) is 9.99. The maximum Gasteiger partial charge on any atom is 0.319 e. The number of hydrogen-bond acceptors (Lipinski definition) is 5. The number of carbonyl (C=O) groups excluding carboxylic acids is 1. The van der Waals surface area contributed by atoms with Crippen LogP contribution < -0.4 is 14.8 Å². The molecule has 2 rings (SSSR count). The van der Waals surface area contributed by atoms with E-state index in [-0.39, 0.29) is 12.5 Å². The molecule has 1 aromatic carbocycles. The number of hydrogen-bond donors (Lipinski definition) is 1. The molecule has 0 saturated carbocycles. The second-order valence-electron chi connectivity index (χ2n) is 3.78. The van der Waals surface area contributed by atoms with E-state index in [4.69, 9.17) is 21.1 Å². The first kappa shape index (κ1) is 13.0. The van der Waals surface area contributed by atoms with E-state index < -0.39 is 0 Å². The average Bonchev–Trinajstić information content (AvgIpc) is 2.38. The van der Waals surface area contributed by atoms with Gasteiger partial charge < -0.3 is 19.5 Å². The second-order valence-corrected chi connectivity index (χ2v) is 4.19. The van der Waals surface area contributed by atoms with Crippen LogP contribution in [0.1, 0.15) is 5.56 Å². The van der Waals surface area contributed by atoms with Crippen LogP contribution in [-0.4, -0.2) is 32.8 Å². The molecule has 0 saturated heterocycles. The van der Waals surface area contributed by atoms with E-state index >= 15 is 0 Å². The molecule has 5 nitrogen and oxygen atoms in total. The van der Waals surface area contributed by atoms with E-state index in [1.807, 2.05) is 6.07 Å². The molecule has 1 aliphatic heterocycles. The Kier molecular flexibility index (Phi) is 4.28. The third kappa shape index (κ3) is 3.05. The SMILES string of the molecule is COC(=O)CNCc1cc(Cl)c2c(c1)OCCO2. The van der Waals surface area contributed by atoms with Gasteiger partial charge in [-0.1, -0.05) is 11.6 Å². The van der Waals surface area contributed by atoms with Crippen LogP contribution >= 0.6 is 11.6 Å². The first-order valence-electron chi connectivity index (χ1n) is 5.56. The molecule has 0 bridgehead atoms. The predicted octanol–water partition coefficient (Wildman–Crippen LogP) is 1.37. The van der Waals surface area contributed by atoms with Gasteiger partial charge in [0.15, 0.2) is 11.5 Å². The van der Waals surface area contributed by atoms with Crippen molar-refractivity contribution in [3.8, 4) is 11.5 Å². The van der Waals surface area contributed by atoms with Crippen molar-refractivity contribution in [3.05, 3.63) is 22.7 Å². The molecular formula is C12H14ClNO4. The minimum absolute atomic E-state index is 0.155. The van der Waals surface area contributed by atoms with Crippen LogP contribution in [0.4, 0.5) is 0 Å². The predicted molar refractivity (Wildman–Crippen MR) is 66.2 cm³/mol. The number of esters is 1. The van der Waals surface area contributed by atoms with Crippen molar-refractivity contribution in [2.45, 2.75) is 6.54 Å². The Morgan fingerprint density at radius 3 is 3.00 bits per heavy atom. The Hall–Kier alpha value is -1.46. The summed E-state index contributed by atoms with van der Waals surface area (Å²) in [5.41, 5.74) is 0.924. The van der Waals surface area contributed by atoms with Crippen LogP contribution in [0.25, 0.3) is 0 Å². The molecule has 1 aliphatic rings. The van der Waals surface area contributed by atoms with Gasteiger partial charge >= 0.3 is 5.97 Å². The van der Waals surface area contributed by atoms with Crippen LogP contribution in [-0.2, 0) is 16.1 Å². The molecule has 1 N–H and O–H groups in total. The molecule has 0 fully saturated rings. The molecular weight excluding hydrogens is 258 g/mol. The molecule has 18 heavy (non-hydrogen) atoms. The maximum atomic E-state index is 10.9. The quantitative estimate of drug-likeness (QED) is 0.839. The van der Waals surface area contributed by atoms with Crippen molar-refractivity contribution in [2.75, 3.05) is 26.9 Å². The summed E-state index contributed by atoms with van der Waals surface area (Å²) in [6.07, 6.45) is 0. The Balaban J connectivity index is 2.01. The molecule has 0 unspecified atom stereocenters. The lowest BCUT2D eigenvalue weighted by Crippen LogP contribution is -2.23. The van der Waals surface area contributed by atoms with Crippen molar-refractivity contribution in [2.24, 2.45) is 0 Å². The highest BCUT2D eigenvalue weighted by Gasteiger charge is 2.16. The Labute approximate surface area is 110 Å². The van der Waals surface area contributed by atoms with Gasteiger partial charge in [-0.25, -0.2) is 0 Å². The number of carbonyl (C=O) groups is 1. The minimum Gasteiger partial charge on any atom is -0.486 e. The van der Waals surface area contributed by atoms with Crippen molar-refractivity contribution in [1.82, 2.24) is 5.32 Å². The number of fused-ring (bicyclic) bond motifs is 1. The number of rotatable bonds is 4. The van der Waals surface area contributed by atoms with Gasteiger partial charge in [-0.05, 0) is 17.7 Å². The lowest BCUT2D eigenvalue weighted by Gasteiger charge is -2.20. The Bertz CT molecular complexity index is 450. The monoisotopic (exact) mass is 271 g/mol. The van der Waals surface area contributed by atoms with E-state index in [2.05, 4.69) is 10.1 Å². The molecule has 0 spiro atoms. The summed E-state index contributed by atoms with van der Waals surface area (Å²) >= 11 is 6.09. The van der Waals surface area contributed by atoms with E-state index in [0.717, 1.165) is 5.56 Å². The summed E-state index contributed by atoms with van der Waals surface area (Å²) in [6.45, 7) is 1.68. The summed E-state index contributed by atoms with van der Waals surface area (Å²) in [4.78, 5) is 10.9. The third-order valence-electron chi connectivity index (χ3n) is 2.48. The standard InChI is InChI=1S/C12H14ClNO4/c1-16-11(15)7-14-6-8-4-9(13)12-10(5-8)17-2-3-18-12/h4-5,14H,2-3,6-7H2,1H3. The number of halogens is 1. The number of nitrogens with one attached hydrogen (secondary N) is 1. The lowest BCUT2D eigenvalue weighted by molar-refractivity contribution is -0.139. The third-order valence-corrected chi connectivity index (χ3v) is 2.76. The van der Waals surface area contributed by atoms with Crippen molar-refractivity contribution in [3.63, 3.8) is 0 Å². The average molecular weight is 272 g/mol. The molecule has 6 heteroatoms. The van der Waals surface area contributed by atoms with E-state index in [1.165, 1.54) is 7.11 Å². The normalized spacial score (nSPS) is 13.2. The fourth-order valence-corrected chi connectivity index (χ4v) is 1.94. The molecule has 0 radical (unpaired) electrons. The van der Waals surface area contributed by atoms with Gasteiger partial charge in [0.05, 0.1) is 18.7 Å². The topological polar surface area (TPSA) is 56.8 Å². The summed E-state index contributed by atoms with van der Waals surface area (Å²) < 4.78 is 15.4. The van der Waals surface area contributed by atoms with Gasteiger partial charge in [-0.2, -0.15) is 0 Å². The van der Waals surface area contributed by atoms with Crippen molar-refractivity contribution in [1.29, 1.82) is 0 Å². The second kappa shape index (κ2) is 5.93. The number of benzene rings is 1. The maximum absolute atomic E-state index is 10.9. The molecule has 0 aromatic heterocycles. The van der Waals surface area contributed by atoms with Crippen LogP contribution in [0, 0.1) is 0 Å². The first-order chi connectivity index (χ1) is 8.70. The highest BCUT2D eigenvalue weighted by molar-refractivity contribution is 6.32. The molecule has 0 amide bonds. The molecule has 0 aliphatic carbocycles. The van der Waals surface area contributed by atoms with Crippen LogP contribution in [0.2, 0.25) is 5.02 Å². The van der Waals surface area contributed by atoms with E-state index in [9.17, 15) is 4.79 Å². The van der Waals surface area contributed by atoms with E-state index in [1.54, 1.807) is 6.07 Å². The molecule has 1 heterocycles. The van der Waals surface area contributed by atoms with Gasteiger partial charge in [0, 0.05) is 6.54 Å². The largest absolute Gasteiger partial charge is 0.486 e. The first-order valence-corrected chi connectivity index (χ1v) is 5.94. The minimum atomic E-state index is -0.307. The van der Waals surface area contributed by atoms with Gasteiger partial charge in [0.1, 0.15) is 13.2 Å². The molecule has 1 aromatic rings. The zero-order chi connectivity index (χ0) is 13.0. The smallest absolute Gasteiger partial charge is 0.319 e. The molecule has 0 atom stereocenters. The van der Waals surface area contributed by atoms with Gasteiger partial charge in [0.25, 0.3) is 0 Å². The summed E-state index contributed by atoms with van der Waals surface area (Å²) in [7, 11) is 1.35. The Morgan fingerprint density at radius 1 is 1.44 bits per heavy atom. The van der Waals surface area contributed by atoms with Crippen molar-refractivity contribution >= 4 is 17.6 Å². The van der Waals surface area contributed by atoms with Crippen LogP contribution in [0.3, 0.4) is 0 Å². The highest BCUT2D eigenvalue weighted by atomic mass is 35.5. The number of ether oxygens (including phenoxy) is 3. The van der Waals surface area contributed by atoms with Crippen molar-refractivity contribution < 1.29 is 19.0 Å². The lowest BCUT2D eigenvalue weighted by atomic mass is 10.2. The van der Waals surface area contributed by atoms with Gasteiger partial charge in [0.2, 0.25) is 0 Å². The van der Waals surface area contributed by atoms with Gasteiger partial charge in [-0.15, -0.1) is 0 Å². The fraction of sp³-hybridized carbons (Fsp3) is 0.417. The summed E-state index contributed by atoms with van der Waals surface area (Å²) in [6, 6.07) is 3.64.